The maximum absolute atomic E-state index is 11.3. The Morgan fingerprint density at radius 2 is 2.23 bits per heavy atom. The Morgan fingerprint density at radius 1 is 1.36 bits per heavy atom. The van der Waals surface area contributed by atoms with Crippen LogP contribution in [0.25, 0.3) is 0 Å². The number of aryl methyl sites for hydroxylation is 1. The van der Waals surface area contributed by atoms with Crippen LogP contribution in [0.15, 0.2) is 28.8 Å². The molecule has 5 heteroatoms. The van der Waals surface area contributed by atoms with Gasteiger partial charge >= 0.3 is 0 Å². The highest BCUT2D eigenvalue weighted by Crippen LogP contribution is 2.29. The molecule has 0 amide bonds. The summed E-state index contributed by atoms with van der Waals surface area (Å²) in [4.78, 5) is 15.7. The SMILES string of the molecule is CCC(=O)CCc1nc(CC2OCCc3ccccc32)no1. The molecule has 1 aliphatic heterocycles. The summed E-state index contributed by atoms with van der Waals surface area (Å²) >= 11 is 0. The van der Waals surface area contributed by atoms with Gasteiger partial charge in [-0.15, -0.1) is 0 Å². The molecule has 1 atom stereocenters. The van der Waals surface area contributed by atoms with Crippen molar-refractivity contribution in [2.45, 2.75) is 45.1 Å². The standard InChI is InChI=1S/C17H20N2O3/c1-2-13(20)7-8-17-18-16(19-22-17)11-15-14-6-4-3-5-12(14)9-10-21-15/h3-6,15H,2,7-11H2,1H3. The van der Waals surface area contributed by atoms with Gasteiger partial charge in [0.1, 0.15) is 5.78 Å². The van der Waals surface area contributed by atoms with Gasteiger partial charge in [-0.3, -0.25) is 4.79 Å². The van der Waals surface area contributed by atoms with Gasteiger partial charge < -0.3 is 9.26 Å². The number of ketones is 1. The van der Waals surface area contributed by atoms with Crippen LogP contribution in [-0.2, 0) is 28.8 Å². The van der Waals surface area contributed by atoms with Gasteiger partial charge in [0.2, 0.25) is 5.89 Å². The van der Waals surface area contributed by atoms with Crippen LogP contribution in [0.4, 0.5) is 0 Å². The van der Waals surface area contributed by atoms with E-state index >= 15 is 0 Å². The molecule has 0 saturated carbocycles. The Morgan fingerprint density at radius 3 is 3.09 bits per heavy atom. The molecule has 0 bridgehead atoms. The highest BCUT2D eigenvalue weighted by atomic mass is 16.5. The average molecular weight is 300 g/mol. The van der Waals surface area contributed by atoms with Crippen LogP contribution in [0.5, 0.6) is 0 Å². The topological polar surface area (TPSA) is 65.2 Å². The van der Waals surface area contributed by atoms with Crippen LogP contribution in [0, 0.1) is 0 Å². The number of benzene rings is 1. The van der Waals surface area contributed by atoms with Crippen molar-refractivity contribution in [2.75, 3.05) is 6.61 Å². The summed E-state index contributed by atoms with van der Waals surface area (Å²) in [6, 6.07) is 8.32. The van der Waals surface area contributed by atoms with E-state index in [0.717, 1.165) is 13.0 Å². The van der Waals surface area contributed by atoms with E-state index < -0.39 is 0 Å². The second-order valence-corrected chi connectivity index (χ2v) is 5.51. The number of aromatic nitrogens is 2. The number of hydrogen-bond acceptors (Lipinski definition) is 5. The van der Waals surface area contributed by atoms with Crippen LogP contribution >= 0.6 is 0 Å². The summed E-state index contributed by atoms with van der Waals surface area (Å²) in [5, 5.41) is 4.01. The van der Waals surface area contributed by atoms with E-state index in [1.165, 1.54) is 11.1 Å². The van der Waals surface area contributed by atoms with Crippen molar-refractivity contribution in [2.24, 2.45) is 0 Å². The van der Waals surface area contributed by atoms with E-state index in [0.29, 0.717) is 37.4 Å². The molecular formula is C17H20N2O3. The van der Waals surface area contributed by atoms with Crippen molar-refractivity contribution in [3.8, 4) is 0 Å². The van der Waals surface area contributed by atoms with E-state index in [1.54, 1.807) is 0 Å². The molecule has 1 aliphatic rings. The molecule has 2 aromatic rings. The van der Waals surface area contributed by atoms with Crippen molar-refractivity contribution in [1.29, 1.82) is 0 Å². The molecule has 116 valence electrons. The third kappa shape index (κ3) is 3.42. The smallest absolute Gasteiger partial charge is 0.227 e. The van der Waals surface area contributed by atoms with Gasteiger partial charge in [0.05, 0.1) is 12.7 Å². The Kier molecular flexibility index (Phi) is 4.63. The Balaban J connectivity index is 1.65. The van der Waals surface area contributed by atoms with Crippen molar-refractivity contribution in [3.63, 3.8) is 0 Å². The van der Waals surface area contributed by atoms with E-state index in [9.17, 15) is 4.79 Å². The van der Waals surface area contributed by atoms with Gasteiger partial charge in [-0.1, -0.05) is 36.3 Å². The van der Waals surface area contributed by atoms with Crippen molar-refractivity contribution >= 4 is 5.78 Å². The predicted molar refractivity (Wildman–Crippen MR) is 80.5 cm³/mol. The fourth-order valence-electron chi connectivity index (χ4n) is 2.71. The van der Waals surface area contributed by atoms with E-state index in [2.05, 4.69) is 28.3 Å². The molecule has 5 nitrogen and oxygen atoms in total. The molecule has 3 rings (SSSR count). The Labute approximate surface area is 129 Å². The number of carbonyl (C=O) groups excluding carboxylic acids is 1. The third-order valence-corrected chi connectivity index (χ3v) is 3.98. The lowest BCUT2D eigenvalue weighted by molar-refractivity contribution is -0.118. The molecular weight excluding hydrogens is 280 g/mol. The Bertz CT molecular complexity index is 651. The highest BCUT2D eigenvalue weighted by Gasteiger charge is 2.22. The Hall–Kier alpha value is -2.01. The van der Waals surface area contributed by atoms with Crippen LogP contribution < -0.4 is 0 Å². The lowest BCUT2D eigenvalue weighted by Gasteiger charge is -2.25. The molecule has 0 radical (unpaired) electrons. The largest absolute Gasteiger partial charge is 0.373 e. The van der Waals surface area contributed by atoms with Crippen LogP contribution in [0.2, 0.25) is 0 Å². The molecule has 0 saturated heterocycles. The number of rotatable bonds is 6. The van der Waals surface area contributed by atoms with Gasteiger partial charge in [0.15, 0.2) is 5.82 Å². The normalized spacial score (nSPS) is 17.2. The second-order valence-electron chi connectivity index (χ2n) is 5.51. The first-order valence-corrected chi connectivity index (χ1v) is 7.79. The molecule has 0 fully saturated rings. The van der Waals surface area contributed by atoms with Gasteiger partial charge in [0.25, 0.3) is 0 Å². The number of Topliss-reactive ketones (excluding diaryl/α,β-unsaturated/α-hetero) is 1. The summed E-state index contributed by atoms with van der Waals surface area (Å²) in [5.41, 5.74) is 2.54. The predicted octanol–water partition coefficient (Wildman–Crippen LogP) is 2.84. The minimum atomic E-state index is -0.0207. The van der Waals surface area contributed by atoms with Crippen LogP contribution in [-0.4, -0.2) is 22.5 Å². The first kappa shape index (κ1) is 14.9. The van der Waals surface area contributed by atoms with Gasteiger partial charge in [-0.25, -0.2) is 0 Å². The van der Waals surface area contributed by atoms with Crippen molar-refractivity contribution in [3.05, 3.63) is 47.1 Å². The minimum Gasteiger partial charge on any atom is -0.373 e. The summed E-state index contributed by atoms with van der Waals surface area (Å²) in [5.74, 6) is 1.38. The zero-order valence-electron chi connectivity index (χ0n) is 12.7. The number of fused-ring (bicyclic) bond motifs is 1. The maximum atomic E-state index is 11.3. The van der Waals surface area contributed by atoms with Gasteiger partial charge in [-0.05, 0) is 17.5 Å². The number of nitrogens with zero attached hydrogens (tertiary/aromatic N) is 2. The van der Waals surface area contributed by atoms with Gasteiger partial charge in [0, 0.05) is 25.7 Å². The fraction of sp³-hybridized carbons (Fsp3) is 0.471. The zero-order valence-corrected chi connectivity index (χ0v) is 12.7. The molecule has 0 aliphatic carbocycles. The van der Waals surface area contributed by atoms with E-state index in [1.807, 2.05) is 13.0 Å². The lowest BCUT2D eigenvalue weighted by Crippen LogP contribution is -2.18. The monoisotopic (exact) mass is 300 g/mol. The summed E-state index contributed by atoms with van der Waals surface area (Å²) in [6.45, 7) is 2.58. The quantitative estimate of drug-likeness (QED) is 0.820. The fourth-order valence-corrected chi connectivity index (χ4v) is 2.71. The third-order valence-electron chi connectivity index (χ3n) is 3.98. The van der Waals surface area contributed by atoms with Crippen molar-refractivity contribution in [1.82, 2.24) is 10.1 Å². The second kappa shape index (κ2) is 6.83. The molecule has 1 aromatic carbocycles. The van der Waals surface area contributed by atoms with Crippen molar-refractivity contribution < 1.29 is 14.1 Å². The minimum absolute atomic E-state index is 0.0207. The maximum Gasteiger partial charge on any atom is 0.227 e. The molecule has 0 N–H and O–H groups in total. The van der Waals surface area contributed by atoms with Gasteiger partial charge in [-0.2, -0.15) is 4.98 Å². The van der Waals surface area contributed by atoms with E-state index in [-0.39, 0.29) is 11.9 Å². The summed E-state index contributed by atoms with van der Waals surface area (Å²) in [7, 11) is 0. The molecule has 1 aromatic heterocycles. The molecule has 2 heterocycles. The summed E-state index contributed by atoms with van der Waals surface area (Å²) < 4.78 is 11.1. The first-order valence-electron chi connectivity index (χ1n) is 7.79. The number of ether oxygens (including phenoxy) is 1. The molecule has 22 heavy (non-hydrogen) atoms. The van der Waals surface area contributed by atoms with Crippen LogP contribution in [0.1, 0.15) is 48.7 Å². The number of carbonyl (C=O) groups is 1. The first-order chi connectivity index (χ1) is 10.8. The van der Waals surface area contributed by atoms with Crippen LogP contribution in [0.3, 0.4) is 0 Å². The average Bonchev–Trinajstić information content (AvgIpc) is 3.00. The van der Waals surface area contributed by atoms with E-state index in [4.69, 9.17) is 9.26 Å². The summed E-state index contributed by atoms with van der Waals surface area (Å²) in [6.07, 6.45) is 3.05. The lowest BCUT2D eigenvalue weighted by atomic mass is 9.96. The zero-order chi connectivity index (χ0) is 15.4. The number of hydrogen-bond donors (Lipinski definition) is 0. The molecule has 1 unspecified atom stereocenters. The molecule has 0 spiro atoms. The highest BCUT2D eigenvalue weighted by molar-refractivity contribution is 5.78.